The van der Waals surface area contributed by atoms with E-state index in [4.69, 9.17) is 17.3 Å². The number of nitrogens with zero attached hydrogens (tertiary/aromatic N) is 1. The van der Waals surface area contributed by atoms with Crippen LogP contribution in [0.15, 0.2) is 65.1 Å². The van der Waals surface area contributed by atoms with E-state index in [2.05, 4.69) is 20.8 Å². The molecule has 0 saturated heterocycles. The number of nitrogens with two attached hydrogens (primary N) is 1. The van der Waals surface area contributed by atoms with Crippen LogP contribution in [-0.4, -0.2) is 30.5 Å². The molecule has 0 spiro atoms. The van der Waals surface area contributed by atoms with Gasteiger partial charge in [0.15, 0.2) is 5.78 Å². The molecule has 1 aliphatic heterocycles. The van der Waals surface area contributed by atoms with Crippen LogP contribution in [0.1, 0.15) is 78.0 Å². The minimum Gasteiger partial charge on any atom is -0.369 e. The Kier molecular flexibility index (Phi) is 10.1. The lowest BCUT2D eigenvalue weighted by molar-refractivity contribution is -0.126. The number of amides is 1. The predicted octanol–water partition coefficient (Wildman–Crippen LogP) is 6.87. The van der Waals surface area contributed by atoms with Gasteiger partial charge in [-0.15, -0.1) is 0 Å². The Balaban J connectivity index is 2.23. The van der Waals surface area contributed by atoms with Crippen LogP contribution in [0.4, 0.5) is 0 Å². The van der Waals surface area contributed by atoms with E-state index in [1.807, 2.05) is 26.8 Å². The molecule has 8 heteroatoms. The van der Waals surface area contributed by atoms with E-state index in [9.17, 15) is 18.0 Å². The number of carbonyl (C=O) groups excluding carboxylic acids is 2. The molecule has 0 aromatic heterocycles. The van der Waals surface area contributed by atoms with E-state index in [1.54, 1.807) is 55.5 Å². The number of halogens is 1. The van der Waals surface area contributed by atoms with E-state index < -0.39 is 33.9 Å². The number of primary amides is 1. The average molecular weight is 587 g/mol. The first kappa shape index (κ1) is 32.0. The van der Waals surface area contributed by atoms with Crippen molar-refractivity contribution >= 4 is 33.3 Å². The molecule has 40 heavy (non-hydrogen) atoms. The number of carbonyl (C=O) groups is 2. The first-order chi connectivity index (χ1) is 18.5. The number of Topliss-reactive ketones (excluding diaryl/α,β-unsaturated/α-hetero) is 1. The number of rotatable bonds is 11. The van der Waals surface area contributed by atoms with Gasteiger partial charge in [0.25, 0.3) is 0 Å². The third kappa shape index (κ3) is 7.42. The number of hydrogen-bond acceptors (Lipinski definition) is 4. The number of ketones is 1. The van der Waals surface area contributed by atoms with Gasteiger partial charge in [-0.25, -0.2) is 8.42 Å². The Morgan fingerprint density at radius 1 is 1.02 bits per heavy atom. The zero-order valence-corrected chi connectivity index (χ0v) is 26.2. The maximum absolute atomic E-state index is 14.5. The van der Waals surface area contributed by atoms with Crippen molar-refractivity contribution in [1.29, 1.82) is 0 Å². The van der Waals surface area contributed by atoms with Crippen molar-refractivity contribution in [3.63, 3.8) is 0 Å². The van der Waals surface area contributed by atoms with Crippen molar-refractivity contribution in [2.75, 3.05) is 0 Å². The lowest BCUT2D eigenvalue weighted by atomic mass is 9.82. The molecular formula is C32H43ClN2O4S. The molecule has 218 valence electrons. The summed E-state index contributed by atoms with van der Waals surface area (Å²) in [6.07, 6.45) is 2.97. The fourth-order valence-corrected chi connectivity index (χ4v) is 8.03. The van der Waals surface area contributed by atoms with Crippen molar-refractivity contribution < 1.29 is 18.0 Å². The molecule has 2 aromatic rings. The Morgan fingerprint density at radius 3 is 2.15 bits per heavy atom. The molecule has 1 amide bonds. The summed E-state index contributed by atoms with van der Waals surface area (Å²) in [6.45, 7) is 14.1. The maximum Gasteiger partial charge on any atom is 0.244 e. The topological polar surface area (TPSA) is 97.5 Å². The fraction of sp³-hybridized carbons (Fsp3) is 0.500. The van der Waals surface area contributed by atoms with Crippen molar-refractivity contribution in [2.24, 2.45) is 28.9 Å². The standard InChI is InChI=1S/C32H43ClN2O4S/c1-20(2)16-24(31(34)37)17-28(36)26-18-27(22(4)19-32(5,6)7)35(30(26)23-12-14-25(33)15-13-23)40(38,39)29-11-9-8-10-21(29)3/h8-15,18,20,22,24,27,30H,16-17,19H2,1-7H3,(H2,34,37)/t22?,24-,27+,30?/m1/s1. The van der Waals surface area contributed by atoms with Crippen molar-refractivity contribution in [3.8, 4) is 0 Å². The third-order valence-corrected chi connectivity index (χ3v) is 9.73. The van der Waals surface area contributed by atoms with Gasteiger partial charge in [0, 0.05) is 29.0 Å². The summed E-state index contributed by atoms with van der Waals surface area (Å²) in [7, 11) is -4.05. The van der Waals surface area contributed by atoms with E-state index in [0.29, 0.717) is 28.1 Å². The highest BCUT2D eigenvalue weighted by atomic mass is 35.5. The Morgan fingerprint density at radius 2 is 1.62 bits per heavy atom. The number of sulfonamides is 1. The molecule has 6 nitrogen and oxygen atoms in total. The quantitative estimate of drug-likeness (QED) is 0.311. The zero-order chi connectivity index (χ0) is 30.0. The number of benzene rings is 2. The molecule has 1 aliphatic rings. The van der Waals surface area contributed by atoms with Crippen molar-refractivity contribution in [3.05, 3.63) is 76.3 Å². The Bertz CT molecular complexity index is 1360. The molecule has 0 radical (unpaired) electrons. The second kappa shape index (κ2) is 12.6. The second-order valence-corrected chi connectivity index (χ2v) is 15.0. The van der Waals surface area contributed by atoms with Crippen LogP contribution in [0.2, 0.25) is 5.02 Å². The summed E-state index contributed by atoms with van der Waals surface area (Å²) >= 11 is 6.20. The smallest absolute Gasteiger partial charge is 0.244 e. The van der Waals surface area contributed by atoms with E-state index >= 15 is 0 Å². The Hall–Kier alpha value is -2.48. The molecule has 2 aromatic carbocycles. The van der Waals surface area contributed by atoms with Crippen LogP contribution in [0.3, 0.4) is 0 Å². The molecule has 0 fully saturated rings. The minimum atomic E-state index is -4.05. The molecule has 1 heterocycles. The average Bonchev–Trinajstić information content (AvgIpc) is 3.25. The SMILES string of the molecule is Cc1ccccc1S(=O)(=O)N1C(c2ccc(Cl)cc2)C(C(=O)C[C@@H](CC(C)C)C(N)=O)=C[C@H]1C(C)CC(C)(C)C. The summed E-state index contributed by atoms with van der Waals surface area (Å²) < 4.78 is 30.5. The normalized spacial score (nSPS) is 19.9. The summed E-state index contributed by atoms with van der Waals surface area (Å²) in [5, 5.41) is 0.510. The number of aryl methyl sites for hydroxylation is 1. The van der Waals surface area contributed by atoms with Crippen LogP contribution in [0.25, 0.3) is 0 Å². The van der Waals surface area contributed by atoms with Crippen LogP contribution < -0.4 is 5.73 Å². The lowest BCUT2D eigenvalue weighted by Crippen LogP contribution is -2.43. The summed E-state index contributed by atoms with van der Waals surface area (Å²) in [5.41, 5.74) is 7.28. The van der Waals surface area contributed by atoms with Crippen LogP contribution in [0, 0.1) is 30.1 Å². The van der Waals surface area contributed by atoms with Gasteiger partial charge in [-0.1, -0.05) is 89.6 Å². The highest BCUT2D eigenvalue weighted by Crippen LogP contribution is 2.46. The second-order valence-electron chi connectivity index (χ2n) is 12.8. The molecule has 0 bridgehead atoms. The molecule has 2 unspecified atom stereocenters. The van der Waals surface area contributed by atoms with Gasteiger partial charge >= 0.3 is 0 Å². The van der Waals surface area contributed by atoms with Gasteiger partial charge < -0.3 is 5.73 Å². The first-order valence-corrected chi connectivity index (χ1v) is 15.7. The van der Waals surface area contributed by atoms with Crippen LogP contribution in [0.5, 0.6) is 0 Å². The van der Waals surface area contributed by atoms with Crippen molar-refractivity contribution in [1.82, 2.24) is 4.31 Å². The minimum absolute atomic E-state index is 0.0673. The summed E-state index contributed by atoms with van der Waals surface area (Å²) in [4.78, 5) is 26.5. The van der Waals surface area contributed by atoms with E-state index in [1.165, 1.54) is 4.31 Å². The molecule has 0 aliphatic carbocycles. The lowest BCUT2D eigenvalue weighted by Gasteiger charge is -2.36. The molecular weight excluding hydrogens is 544 g/mol. The molecule has 0 saturated carbocycles. The highest BCUT2D eigenvalue weighted by molar-refractivity contribution is 7.89. The predicted molar refractivity (Wildman–Crippen MR) is 161 cm³/mol. The zero-order valence-electron chi connectivity index (χ0n) is 24.6. The molecule has 3 rings (SSSR count). The van der Waals surface area contributed by atoms with Gasteiger partial charge in [-0.05, 0) is 66.3 Å². The molecule has 2 N–H and O–H groups in total. The van der Waals surface area contributed by atoms with Gasteiger partial charge in [0.1, 0.15) is 0 Å². The highest BCUT2D eigenvalue weighted by Gasteiger charge is 2.48. The molecule has 4 atom stereocenters. The fourth-order valence-electron chi connectivity index (χ4n) is 5.85. The van der Waals surface area contributed by atoms with Crippen LogP contribution >= 0.6 is 11.6 Å². The number of hydrogen-bond donors (Lipinski definition) is 1. The van der Waals surface area contributed by atoms with Gasteiger partial charge in [-0.2, -0.15) is 4.31 Å². The summed E-state index contributed by atoms with van der Waals surface area (Å²) in [6, 6.07) is 12.4. The first-order valence-electron chi connectivity index (χ1n) is 13.9. The van der Waals surface area contributed by atoms with E-state index in [-0.39, 0.29) is 34.4 Å². The van der Waals surface area contributed by atoms with Gasteiger partial charge in [-0.3, -0.25) is 9.59 Å². The van der Waals surface area contributed by atoms with Gasteiger partial charge in [0.2, 0.25) is 15.9 Å². The largest absolute Gasteiger partial charge is 0.369 e. The third-order valence-electron chi connectivity index (χ3n) is 7.46. The van der Waals surface area contributed by atoms with Gasteiger partial charge in [0.05, 0.1) is 10.9 Å². The summed E-state index contributed by atoms with van der Waals surface area (Å²) in [5.74, 6) is -1.34. The van der Waals surface area contributed by atoms with Crippen LogP contribution in [-0.2, 0) is 19.6 Å². The maximum atomic E-state index is 14.5. The van der Waals surface area contributed by atoms with E-state index in [0.717, 1.165) is 6.42 Å². The monoisotopic (exact) mass is 586 g/mol. The van der Waals surface area contributed by atoms with Crippen molar-refractivity contribution in [2.45, 2.75) is 84.7 Å². The Labute approximate surface area is 245 Å².